The second-order valence-corrected chi connectivity index (χ2v) is 8.30. The summed E-state index contributed by atoms with van der Waals surface area (Å²) >= 11 is 0. The van der Waals surface area contributed by atoms with Crippen LogP contribution in [0.25, 0.3) is 10.8 Å². The van der Waals surface area contributed by atoms with E-state index < -0.39 is 5.82 Å². The monoisotopic (exact) mass is 404 g/mol. The molecule has 1 aromatic heterocycles. The van der Waals surface area contributed by atoms with Crippen LogP contribution in [0.15, 0.2) is 48.7 Å². The van der Waals surface area contributed by atoms with Gasteiger partial charge in [0.05, 0.1) is 17.5 Å². The lowest BCUT2D eigenvalue weighted by Gasteiger charge is -2.45. The average Bonchev–Trinajstić information content (AvgIpc) is 3.56. The molecule has 0 unspecified atom stereocenters. The van der Waals surface area contributed by atoms with E-state index in [1.165, 1.54) is 18.9 Å². The summed E-state index contributed by atoms with van der Waals surface area (Å²) in [5.41, 5.74) is 1.83. The van der Waals surface area contributed by atoms with Gasteiger partial charge in [0.15, 0.2) is 0 Å². The van der Waals surface area contributed by atoms with Gasteiger partial charge < -0.3 is 4.90 Å². The second kappa shape index (κ2) is 7.76. The minimum absolute atomic E-state index is 0.147. The number of rotatable bonds is 6. The van der Waals surface area contributed by atoms with Crippen molar-refractivity contribution in [1.82, 2.24) is 20.0 Å². The quantitative estimate of drug-likeness (QED) is 0.629. The molecule has 0 radical (unpaired) electrons. The summed E-state index contributed by atoms with van der Waals surface area (Å²) in [5.74, 6) is -0.688. The maximum absolute atomic E-state index is 14.5. The maximum atomic E-state index is 14.5. The molecule has 2 fully saturated rings. The van der Waals surface area contributed by atoms with Crippen LogP contribution in [-0.4, -0.2) is 57.6 Å². The summed E-state index contributed by atoms with van der Waals surface area (Å²) in [6.07, 6.45) is 4.75. The normalized spacial score (nSPS) is 16.8. The van der Waals surface area contributed by atoms with Crippen molar-refractivity contribution in [2.24, 2.45) is 0 Å². The average molecular weight is 404 g/mol. The lowest BCUT2D eigenvalue weighted by atomic mass is 10.00. The number of carbonyl (C=O) groups is 1. The molecule has 154 valence electrons. The van der Waals surface area contributed by atoms with Crippen LogP contribution in [0, 0.1) is 5.82 Å². The van der Waals surface area contributed by atoms with Crippen molar-refractivity contribution < 1.29 is 9.18 Å². The first kappa shape index (κ1) is 19.1. The molecule has 1 amide bonds. The second-order valence-electron chi connectivity index (χ2n) is 8.30. The minimum Gasteiger partial charge on any atom is -0.335 e. The van der Waals surface area contributed by atoms with Crippen molar-refractivity contribution in [2.75, 3.05) is 19.6 Å². The van der Waals surface area contributed by atoms with Crippen molar-refractivity contribution in [3.05, 3.63) is 71.3 Å². The molecular formula is C24H25FN4O. The van der Waals surface area contributed by atoms with E-state index in [1.807, 2.05) is 24.3 Å². The van der Waals surface area contributed by atoms with E-state index in [9.17, 15) is 9.18 Å². The number of likely N-dealkylation sites (N-methyl/N-ethyl adjacent to an activating group) is 1. The first-order chi connectivity index (χ1) is 14.6. The Morgan fingerprint density at radius 3 is 2.73 bits per heavy atom. The number of benzene rings is 2. The molecule has 2 aliphatic rings. The van der Waals surface area contributed by atoms with Crippen LogP contribution in [-0.2, 0) is 6.42 Å². The lowest BCUT2D eigenvalue weighted by molar-refractivity contribution is 0.0248. The SMILES string of the molecule is CCN(C1CC1)C1CN(C(=O)c2cc(Cc3nncc4ccccc34)ccc2F)C1. The third-order valence-electron chi connectivity index (χ3n) is 6.28. The van der Waals surface area contributed by atoms with Crippen LogP contribution in [0.1, 0.15) is 41.4 Å². The van der Waals surface area contributed by atoms with Crippen LogP contribution >= 0.6 is 0 Å². The number of nitrogens with zero attached hydrogens (tertiary/aromatic N) is 4. The molecule has 2 aromatic carbocycles. The van der Waals surface area contributed by atoms with Gasteiger partial charge in [0.25, 0.3) is 5.91 Å². The number of halogens is 1. The van der Waals surface area contributed by atoms with Crippen molar-refractivity contribution in [3.63, 3.8) is 0 Å². The zero-order chi connectivity index (χ0) is 20.7. The summed E-state index contributed by atoms with van der Waals surface area (Å²) < 4.78 is 14.5. The molecule has 1 saturated carbocycles. The standard InChI is InChI=1S/C24H25FN4O/c1-2-29(18-8-9-18)19-14-28(15-19)24(30)21-11-16(7-10-22(21)25)12-23-20-6-4-3-5-17(20)13-26-27-23/h3-7,10-11,13,18-19H,2,8-9,12,14-15H2,1H3. The predicted octanol–water partition coefficient (Wildman–Crippen LogP) is 3.67. The van der Waals surface area contributed by atoms with E-state index in [0.717, 1.165) is 28.6 Å². The van der Waals surface area contributed by atoms with Crippen molar-refractivity contribution in [1.29, 1.82) is 0 Å². The van der Waals surface area contributed by atoms with Crippen LogP contribution in [0.4, 0.5) is 4.39 Å². The Kier molecular flexibility index (Phi) is 4.95. The molecule has 30 heavy (non-hydrogen) atoms. The summed E-state index contributed by atoms with van der Waals surface area (Å²) in [4.78, 5) is 17.2. The molecule has 1 saturated heterocycles. The summed E-state index contributed by atoms with van der Waals surface area (Å²) in [7, 11) is 0. The van der Waals surface area contributed by atoms with Crippen molar-refractivity contribution in [2.45, 2.75) is 38.3 Å². The fourth-order valence-electron chi connectivity index (χ4n) is 4.48. The first-order valence-corrected chi connectivity index (χ1v) is 10.7. The highest BCUT2D eigenvalue weighted by molar-refractivity contribution is 5.95. The van der Waals surface area contributed by atoms with Gasteiger partial charge in [0.1, 0.15) is 5.82 Å². The van der Waals surface area contributed by atoms with Crippen molar-refractivity contribution in [3.8, 4) is 0 Å². The number of carbonyl (C=O) groups excluding carboxylic acids is 1. The number of likely N-dealkylation sites (tertiary alicyclic amines) is 1. The third-order valence-corrected chi connectivity index (χ3v) is 6.28. The van der Waals surface area contributed by atoms with Crippen molar-refractivity contribution >= 4 is 16.7 Å². The van der Waals surface area contributed by atoms with Crippen LogP contribution in [0.2, 0.25) is 0 Å². The highest BCUT2D eigenvalue weighted by atomic mass is 19.1. The van der Waals surface area contributed by atoms with Gasteiger partial charge >= 0.3 is 0 Å². The van der Waals surface area contributed by atoms with E-state index in [2.05, 4.69) is 22.0 Å². The first-order valence-electron chi connectivity index (χ1n) is 10.7. The number of hydrogen-bond acceptors (Lipinski definition) is 4. The molecule has 0 atom stereocenters. The van der Waals surface area contributed by atoms with E-state index >= 15 is 0 Å². The Morgan fingerprint density at radius 2 is 1.97 bits per heavy atom. The summed E-state index contributed by atoms with van der Waals surface area (Å²) in [5, 5.41) is 10.4. The molecule has 1 aliphatic heterocycles. The van der Waals surface area contributed by atoms with Crippen LogP contribution in [0.3, 0.4) is 0 Å². The number of fused-ring (bicyclic) bond motifs is 1. The third kappa shape index (κ3) is 3.56. The van der Waals surface area contributed by atoms with E-state index in [4.69, 9.17) is 0 Å². The van der Waals surface area contributed by atoms with Gasteiger partial charge in [0.2, 0.25) is 0 Å². The van der Waals surface area contributed by atoms with E-state index in [1.54, 1.807) is 23.2 Å². The van der Waals surface area contributed by atoms with Gasteiger partial charge in [-0.1, -0.05) is 37.3 Å². The largest absolute Gasteiger partial charge is 0.335 e. The minimum atomic E-state index is -0.467. The molecule has 0 spiro atoms. The van der Waals surface area contributed by atoms with Gasteiger partial charge in [-0.2, -0.15) is 10.2 Å². The predicted molar refractivity (Wildman–Crippen MR) is 114 cm³/mol. The van der Waals surface area contributed by atoms with Gasteiger partial charge in [-0.05, 0) is 37.1 Å². The Hall–Kier alpha value is -2.86. The number of amides is 1. The molecule has 5 rings (SSSR count). The Labute approximate surface area is 175 Å². The highest BCUT2D eigenvalue weighted by Crippen LogP contribution is 2.31. The molecule has 5 nitrogen and oxygen atoms in total. The highest BCUT2D eigenvalue weighted by Gasteiger charge is 2.41. The maximum Gasteiger partial charge on any atom is 0.256 e. The molecule has 3 aromatic rings. The Morgan fingerprint density at radius 1 is 1.17 bits per heavy atom. The summed E-state index contributed by atoms with van der Waals surface area (Å²) in [6.45, 7) is 4.54. The molecule has 0 bridgehead atoms. The number of hydrogen-bond donors (Lipinski definition) is 0. The zero-order valence-electron chi connectivity index (χ0n) is 17.1. The fraction of sp³-hybridized carbons (Fsp3) is 0.375. The molecule has 6 heteroatoms. The smallest absolute Gasteiger partial charge is 0.256 e. The number of aromatic nitrogens is 2. The molecule has 0 N–H and O–H groups in total. The molecule has 1 aliphatic carbocycles. The van der Waals surface area contributed by atoms with Gasteiger partial charge in [-0.3, -0.25) is 9.69 Å². The zero-order valence-corrected chi connectivity index (χ0v) is 17.1. The van der Waals surface area contributed by atoms with Crippen LogP contribution < -0.4 is 0 Å². The van der Waals surface area contributed by atoms with Gasteiger partial charge in [0, 0.05) is 42.4 Å². The lowest BCUT2D eigenvalue weighted by Crippen LogP contribution is -2.61. The topological polar surface area (TPSA) is 49.3 Å². The van der Waals surface area contributed by atoms with Gasteiger partial charge in [-0.15, -0.1) is 0 Å². The summed E-state index contributed by atoms with van der Waals surface area (Å²) in [6, 6.07) is 13.8. The van der Waals surface area contributed by atoms with E-state index in [0.29, 0.717) is 31.6 Å². The fourth-order valence-corrected chi connectivity index (χ4v) is 4.48. The molecular weight excluding hydrogens is 379 g/mol. The Bertz CT molecular complexity index is 1090. The molecule has 2 heterocycles. The Balaban J connectivity index is 1.33. The van der Waals surface area contributed by atoms with E-state index in [-0.39, 0.29) is 11.5 Å². The van der Waals surface area contributed by atoms with Crippen LogP contribution in [0.5, 0.6) is 0 Å². The van der Waals surface area contributed by atoms with Gasteiger partial charge in [-0.25, -0.2) is 4.39 Å².